The summed E-state index contributed by atoms with van der Waals surface area (Å²) >= 11 is 23.9. The van der Waals surface area contributed by atoms with Gasteiger partial charge in [-0.25, -0.2) is 0 Å². The number of rotatable bonds is 4. The molecule has 33 heavy (non-hydrogen) atoms. The lowest BCUT2D eigenvalue weighted by atomic mass is 10.2. The quantitative estimate of drug-likeness (QED) is 0.422. The standard InChI is InChI=1S/C23H21Cl3N4O2S/c1-29-8-10-30(11-9-29)19-5-3-15(13-18(19)26)27-23(33)28-22(31)21-7-6-20(32-21)16-4-2-14(24)12-17(16)25/h2-7,12-13H,8-11H2,1H3,(H2,27,28,31,33). The number of hydrogen-bond donors (Lipinski definition) is 2. The topological polar surface area (TPSA) is 60.8 Å². The Morgan fingerprint density at radius 1 is 0.970 bits per heavy atom. The Bertz CT molecular complexity index is 1190. The van der Waals surface area contributed by atoms with Crippen molar-refractivity contribution < 1.29 is 9.21 Å². The first-order valence-corrected chi connectivity index (χ1v) is 11.7. The molecular formula is C23H21Cl3N4O2S. The van der Waals surface area contributed by atoms with Crippen molar-refractivity contribution in [3.63, 3.8) is 0 Å². The van der Waals surface area contributed by atoms with Crippen molar-refractivity contribution in [3.05, 3.63) is 69.4 Å². The normalized spacial score (nSPS) is 14.2. The average Bonchev–Trinajstić information content (AvgIpc) is 3.25. The highest BCUT2D eigenvalue weighted by Crippen LogP contribution is 2.32. The van der Waals surface area contributed by atoms with Gasteiger partial charge in [0.1, 0.15) is 5.76 Å². The predicted octanol–water partition coefficient (Wildman–Crippen LogP) is 5.79. The molecule has 1 aliphatic rings. The van der Waals surface area contributed by atoms with Gasteiger partial charge in [0.15, 0.2) is 10.9 Å². The first-order valence-electron chi connectivity index (χ1n) is 10.2. The number of carbonyl (C=O) groups excluding carboxylic acids is 1. The van der Waals surface area contributed by atoms with Gasteiger partial charge in [-0.1, -0.05) is 34.8 Å². The fourth-order valence-electron chi connectivity index (χ4n) is 3.51. The minimum Gasteiger partial charge on any atom is -0.451 e. The number of thiocarbonyl (C=S) groups is 1. The average molecular weight is 524 g/mol. The van der Waals surface area contributed by atoms with E-state index in [0.717, 1.165) is 31.9 Å². The van der Waals surface area contributed by atoms with E-state index in [0.29, 0.717) is 32.1 Å². The minimum atomic E-state index is -0.482. The molecule has 0 atom stereocenters. The summed E-state index contributed by atoms with van der Waals surface area (Å²) in [6, 6.07) is 13.9. The van der Waals surface area contributed by atoms with Crippen LogP contribution in [0.4, 0.5) is 11.4 Å². The van der Waals surface area contributed by atoms with Crippen LogP contribution in [0.2, 0.25) is 15.1 Å². The Morgan fingerprint density at radius 2 is 1.73 bits per heavy atom. The number of piperazine rings is 1. The highest BCUT2D eigenvalue weighted by atomic mass is 35.5. The predicted molar refractivity (Wildman–Crippen MR) is 139 cm³/mol. The van der Waals surface area contributed by atoms with Gasteiger partial charge < -0.3 is 19.5 Å². The summed E-state index contributed by atoms with van der Waals surface area (Å²) in [5.74, 6) is 0.0691. The molecule has 4 rings (SSSR count). The maximum absolute atomic E-state index is 12.6. The highest BCUT2D eigenvalue weighted by molar-refractivity contribution is 7.80. The van der Waals surface area contributed by atoms with E-state index in [1.807, 2.05) is 12.1 Å². The Balaban J connectivity index is 1.37. The minimum absolute atomic E-state index is 0.101. The second-order valence-corrected chi connectivity index (χ2v) is 9.31. The van der Waals surface area contributed by atoms with E-state index in [2.05, 4.69) is 27.5 Å². The van der Waals surface area contributed by atoms with Crippen LogP contribution in [0, 0.1) is 0 Å². The van der Waals surface area contributed by atoms with Gasteiger partial charge in [-0.3, -0.25) is 10.1 Å². The molecule has 2 N–H and O–H groups in total. The molecule has 1 aliphatic heterocycles. The number of nitrogens with zero attached hydrogens (tertiary/aromatic N) is 2. The second-order valence-electron chi connectivity index (χ2n) is 7.65. The Labute approximate surface area is 212 Å². The van der Waals surface area contributed by atoms with Gasteiger partial charge in [-0.2, -0.15) is 0 Å². The number of likely N-dealkylation sites (N-methyl/N-ethyl adjacent to an activating group) is 1. The SMILES string of the molecule is CN1CCN(c2ccc(NC(=S)NC(=O)c3ccc(-c4ccc(Cl)cc4Cl)o3)cc2Cl)CC1. The molecule has 0 aliphatic carbocycles. The van der Waals surface area contributed by atoms with E-state index in [4.69, 9.17) is 51.4 Å². The van der Waals surface area contributed by atoms with Gasteiger partial charge in [0.2, 0.25) is 0 Å². The molecule has 1 amide bonds. The summed E-state index contributed by atoms with van der Waals surface area (Å²) in [5, 5.41) is 7.29. The van der Waals surface area contributed by atoms with Crippen molar-refractivity contribution in [2.75, 3.05) is 43.4 Å². The molecular weight excluding hydrogens is 503 g/mol. The molecule has 1 aromatic heterocycles. The highest BCUT2D eigenvalue weighted by Gasteiger charge is 2.18. The van der Waals surface area contributed by atoms with Gasteiger partial charge in [0.25, 0.3) is 5.91 Å². The van der Waals surface area contributed by atoms with Crippen LogP contribution in [-0.4, -0.2) is 49.1 Å². The Hall–Kier alpha value is -2.29. The molecule has 6 nitrogen and oxygen atoms in total. The van der Waals surface area contributed by atoms with E-state index in [1.54, 1.807) is 36.4 Å². The summed E-state index contributed by atoms with van der Waals surface area (Å²) in [7, 11) is 2.11. The number of nitrogens with one attached hydrogen (secondary N) is 2. The Morgan fingerprint density at radius 3 is 2.42 bits per heavy atom. The lowest BCUT2D eigenvalue weighted by Gasteiger charge is -2.34. The van der Waals surface area contributed by atoms with Crippen molar-refractivity contribution in [1.29, 1.82) is 0 Å². The van der Waals surface area contributed by atoms with Crippen LogP contribution in [0.1, 0.15) is 10.6 Å². The van der Waals surface area contributed by atoms with Gasteiger partial charge in [0.05, 0.1) is 15.7 Å². The van der Waals surface area contributed by atoms with E-state index in [1.165, 1.54) is 0 Å². The molecule has 10 heteroatoms. The van der Waals surface area contributed by atoms with E-state index in [-0.39, 0.29) is 10.9 Å². The van der Waals surface area contributed by atoms with Crippen molar-refractivity contribution in [1.82, 2.24) is 10.2 Å². The molecule has 1 fully saturated rings. The van der Waals surface area contributed by atoms with Crippen molar-refractivity contribution in [2.45, 2.75) is 0 Å². The van der Waals surface area contributed by atoms with E-state index >= 15 is 0 Å². The first-order chi connectivity index (χ1) is 15.8. The summed E-state index contributed by atoms with van der Waals surface area (Å²) in [6.45, 7) is 3.82. The van der Waals surface area contributed by atoms with Crippen LogP contribution in [0.5, 0.6) is 0 Å². The zero-order valence-corrected chi connectivity index (χ0v) is 20.8. The van der Waals surface area contributed by atoms with E-state index in [9.17, 15) is 4.79 Å². The molecule has 0 radical (unpaired) electrons. The zero-order valence-electron chi connectivity index (χ0n) is 17.7. The van der Waals surface area contributed by atoms with Gasteiger partial charge >= 0.3 is 0 Å². The fourth-order valence-corrected chi connectivity index (χ4v) is 4.52. The molecule has 0 saturated carbocycles. The first kappa shape index (κ1) is 23.9. The zero-order chi connectivity index (χ0) is 23.5. The number of benzene rings is 2. The number of halogens is 3. The fraction of sp³-hybridized carbons (Fsp3) is 0.217. The van der Waals surface area contributed by atoms with Crippen molar-refractivity contribution >= 4 is 69.4 Å². The maximum Gasteiger partial charge on any atom is 0.293 e. The molecule has 2 aromatic carbocycles. The third-order valence-electron chi connectivity index (χ3n) is 5.30. The number of anilines is 2. The monoisotopic (exact) mass is 522 g/mol. The summed E-state index contributed by atoms with van der Waals surface area (Å²) in [4.78, 5) is 17.1. The Kier molecular flexibility index (Phi) is 7.46. The number of furan rings is 1. The third-order valence-corrected chi connectivity index (χ3v) is 6.36. The number of amides is 1. The number of carbonyl (C=O) groups is 1. The van der Waals surface area contributed by atoms with Gasteiger partial charge in [0, 0.05) is 42.5 Å². The molecule has 172 valence electrons. The summed E-state index contributed by atoms with van der Waals surface area (Å²) < 4.78 is 5.66. The van der Waals surface area contributed by atoms with Crippen molar-refractivity contribution in [3.8, 4) is 11.3 Å². The largest absolute Gasteiger partial charge is 0.451 e. The van der Waals surface area contributed by atoms with Crippen LogP contribution < -0.4 is 15.5 Å². The molecule has 0 bridgehead atoms. The smallest absolute Gasteiger partial charge is 0.293 e. The van der Waals surface area contributed by atoms with Gasteiger partial charge in [-0.15, -0.1) is 0 Å². The van der Waals surface area contributed by atoms with E-state index < -0.39 is 5.91 Å². The maximum atomic E-state index is 12.6. The molecule has 3 aromatic rings. The second kappa shape index (κ2) is 10.3. The molecule has 1 saturated heterocycles. The molecule has 0 spiro atoms. The third kappa shape index (κ3) is 5.80. The van der Waals surface area contributed by atoms with Crippen LogP contribution in [0.3, 0.4) is 0 Å². The molecule has 2 heterocycles. The van der Waals surface area contributed by atoms with Crippen molar-refractivity contribution in [2.24, 2.45) is 0 Å². The van der Waals surface area contributed by atoms with Crippen LogP contribution in [0.15, 0.2) is 52.9 Å². The molecule has 0 unspecified atom stereocenters. The van der Waals surface area contributed by atoms with Gasteiger partial charge in [-0.05, 0) is 67.8 Å². The lowest BCUT2D eigenvalue weighted by Crippen LogP contribution is -2.44. The lowest BCUT2D eigenvalue weighted by molar-refractivity contribution is 0.0951. The van der Waals surface area contributed by atoms with Crippen LogP contribution in [-0.2, 0) is 0 Å². The van der Waals surface area contributed by atoms with Crippen LogP contribution in [0.25, 0.3) is 11.3 Å². The number of hydrogen-bond acceptors (Lipinski definition) is 5. The van der Waals surface area contributed by atoms with Crippen LogP contribution >= 0.6 is 47.0 Å². The summed E-state index contributed by atoms with van der Waals surface area (Å²) in [6.07, 6.45) is 0. The summed E-state index contributed by atoms with van der Waals surface area (Å²) in [5.41, 5.74) is 2.29.